The molecule has 0 unspecified atom stereocenters. The van der Waals surface area contributed by atoms with Crippen molar-refractivity contribution >= 4 is 23.3 Å². The summed E-state index contributed by atoms with van der Waals surface area (Å²) in [4.78, 5) is 4.44. The molecular weight excluding hydrogens is 278 g/mol. The third-order valence-corrected chi connectivity index (χ3v) is 4.64. The molecule has 2 aromatic rings. The van der Waals surface area contributed by atoms with Crippen molar-refractivity contribution < 1.29 is 4.74 Å². The zero-order valence-corrected chi connectivity index (χ0v) is 12.7. The molecule has 0 amide bonds. The van der Waals surface area contributed by atoms with E-state index in [4.69, 9.17) is 10.5 Å². The first kappa shape index (κ1) is 14.3. The Labute approximate surface area is 121 Å². The van der Waals surface area contributed by atoms with Gasteiger partial charge in [0, 0.05) is 24.3 Å². The number of rotatable bonds is 6. The summed E-state index contributed by atoms with van der Waals surface area (Å²) in [7, 11) is 1.67. The molecule has 0 radical (unpaired) electrons. The second-order valence-electron chi connectivity index (χ2n) is 3.97. The molecule has 0 spiro atoms. The molecule has 0 saturated carbocycles. The van der Waals surface area contributed by atoms with E-state index in [1.807, 2.05) is 12.1 Å². The fraction of sp³-hybridized carbons (Fsp3) is 0.385. The van der Waals surface area contributed by atoms with Crippen LogP contribution in [0.3, 0.4) is 0 Å². The molecule has 102 valence electrons. The molecule has 4 nitrogen and oxygen atoms in total. The SMILES string of the molecule is CCc1nsc(SCc2ccc(CN)c(OC)c2)n1. The van der Waals surface area contributed by atoms with Crippen LogP contribution in [0.2, 0.25) is 0 Å². The third-order valence-electron chi connectivity index (χ3n) is 2.70. The van der Waals surface area contributed by atoms with E-state index in [0.717, 1.165) is 33.7 Å². The van der Waals surface area contributed by atoms with Crippen LogP contribution in [0, 0.1) is 0 Å². The Kier molecular flexibility index (Phi) is 5.18. The van der Waals surface area contributed by atoms with Gasteiger partial charge in [0.15, 0.2) is 4.34 Å². The van der Waals surface area contributed by atoms with Crippen LogP contribution >= 0.6 is 23.3 Å². The van der Waals surface area contributed by atoms with E-state index in [1.54, 1.807) is 18.9 Å². The molecule has 0 fully saturated rings. The van der Waals surface area contributed by atoms with Crippen molar-refractivity contribution in [3.63, 3.8) is 0 Å². The van der Waals surface area contributed by atoms with Crippen LogP contribution in [0.4, 0.5) is 0 Å². The van der Waals surface area contributed by atoms with Gasteiger partial charge in [-0.1, -0.05) is 30.8 Å². The van der Waals surface area contributed by atoms with E-state index < -0.39 is 0 Å². The van der Waals surface area contributed by atoms with Crippen LogP contribution in [-0.2, 0) is 18.7 Å². The number of aryl methyl sites for hydroxylation is 1. The molecule has 0 aliphatic rings. The summed E-state index contributed by atoms with van der Waals surface area (Å²) in [5, 5.41) is 0. The van der Waals surface area contributed by atoms with Crippen molar-refractivity contribution in [3.05, 3.63) is 35.2 Å². The first-order valence-electron chi connectivity index (χ1n) is 6.08. The highest BCUT2D eigenvalue weighted by Gasteiger charge is 2.06. The Morgan fingerprint density at radius 1 is 1.42 bits per heavy atom. The van der Waals surface area contributed by atoms with Crippen molar-refractivity contribution in [2.45, 2.75) is 30.0 Å². The summed E-state index contributed by atoms with van der Waals surface area (Å²) in [6.07, 6.45) is 0.885. The number of aromatic nitrogens is 2. The lowest BCUT2D eigenvalue weighted by Gasteiger charge is -2.08. The standard InChI is InChI=1S/C13H17N3OS2/c1-3-12-15-13(19-16-12)18-8-9-4-5-10(7-14)11(6-9)17-2/h4-6H,3,7-8,14H2,1-2H3. The van der Waals surface area contributed by atoms with Crippen molar-refractivity contribution in [1.29, 1.82) is 0 Å². The van der Waals surface area contributed by atoms with Gasteiger partial charge in [-0.3, -0.25) is 0 Å². The van der Waals surface area contributed by atoms with Crippen LogP contribution in [0.1, 0.15) is 23.9 Å². The molecular formula is C13H17N3OS2. The lowest BCUT2D eigenvalue weighted by atomic mass is 10.1. The second kappa shape index (κ2) is 6.88. The molecule has 0 atom stereocenters. The van der Waals surface area contributed by atoms with Gasteiger partial charge in [0.25, 0.3) is 0 Å². The van der Waals surface area contributed by atoms with Crippen LogP contribution in [0.25, 0.3) is 0 Å². The summed E-state index contributed by atoms with van der Waals surface area (Å²) in [5.74, 6) is 2.63. The average Bonchev–Trinajstić information content (AvgIpc) is 2.92. The van der Waals surface area contributed by atoms with Crippen molar-refractivity contribution in [2.75, 3.05) is 7.11 Å². The molecule has 2 rings (SSSR count). The lowest BCUT2D eigenvalue weighted by molar-refractivity contribution is 0.409. The van der Waals surface area contributed by atoms with E-state index in [2.05, 4.69) is 22.3 Å². The van der Waals surface area contributed by atoms with Crippen LogP contribution in [0.15, 0.2) is 22.5 Å². The van der Waals surface area contributed by atoms with Gasteiger partial charge in [-0.25, -0.2) is 4.98 Å². The van der Waals surface area contributed by atoms with Gasteiger partial charge in [0.2, 0.25) is 0 Å². The van der Waals surface area contributed by atoms with E-state index in [9.17, 15) is 0 Å². The lowest BCUT2D eigenvalue weighted by Crippen LogP contribution is -2.00. The van der Waals surface area contributed by atoms with Crippen LogP contribution in [0.5, 0.6) is 5.75 Å². The first-order chi connectivity index (χ1) is 9.26. The quantitative estimate of drug-likeness (QED) is 0.830. The monoisotopic (exact) mass is 295 g/mol. The van der Waals surface area contributed by atoms with E-state index in [0.29, 0.717) is 6.54 Å². The van der Waals surface area contributed by atoms with Crippen molar-refractivity contribution in [2.24, 2.45) is 5.73 Å². The highest BCUT2D eigenvalue weighted by atomic mass is 32.2. The van der Waals surface area contributed by atoms with Crippen molar-refractivity contribution in [3.8, 4) is 5.75 Å². The second-order valence-corrected chi connectivity index (χ2v) is 5.94. The minimum atomic E-state index is 0.493. The molecule has 0 aliphatic carbocycles. The Hall–Kier alpha value is -1.11. The fourth-order valence-electron chi connectivity index (χ4n) is 1.63. The maximum atomic E-state index is 5.66. The molecule has 1 aromatic heterocycles. The topological polar surface area (TPSA) is 61.0 Å². The third kappa shape index (κ3) is 3.68. The van der Waals surface area contributed by atoms with Gasteiger partial charge in [-0.2, -0.15) is 4.37 Å². The van der Waals surface area contributed by atoms with Gasteiger partial charge in [0.05, 0.1) is 7.11 Å². The van der Waals surface area contributed by atoms with Crippen LogP contribution < -0.4 is 10.5 Å². The van der Waals surface area contributed by atoms with Crippen LogP contribution in [-0.4, -0.2) is 16.5 Å². The normalized spacial score (nSPS) is 10.7. The van der Waals surface area contributed by atoms with E-state index >= 15 is 0 Å². The number of hydrogen-bond acceptors (Lipinski definition) is 6. The summed E-state index contributed by atoms with van der Waals surface area (Å²) in [5.41, 5.74) is 7.89. The Morgan fingerprint density at radius 2 is 2.26 bits per heavy atom. The smallest absolute Gasteiger partial charge is 0.170 e. The number of nitrogens with zero attached hydrogens (tertiary/aromatic N) is 2. The molecule has 6 heteroatoms. The molecule has 0 bridgehead atoms. The highest BCUT2D eigenvalue weighted by Crippen LogP contribution is 2.27. The van der Waals surface area contributed by atoms with Gasteiger partial charge in [0.1, 0.15) is 11.6 Å². The molecule has 0 saturated heterocycles. The minimum absolute atomic E-state index is 0.493. The largest absolute Gasteiger partial charge is 0.496 e. The van der Waals surface area contributed by atoms with Gasteiger partial charge in [-0.15, -0.1) is 0 Å². The Morgan fingerprint density at radius 3 is 2.89 bits per heavy atom. The average molecular weight is 295 g/mol. The zero-order valence-electron chi connectivity index (χ0n) is 11.0. The van der Waals surface area contributed by atoms with E-state index in [-0.39, 0.29) is 0 Å². The fourth-order valence-corrected chi connectivity index (χ4v) is 3.27. The predicted molar refractivity (Wildman–Crippen MR) is 79.7 cm³/mol. The number of methoxy groups -OCH3 is 1. The Balaban J connectivity index is 2.03. The number of ether oxygens (including phenoxy) is 1. The first-order valence-corrected chi connectivity index (χ1v) is 7.84. The molecule has 1 aromatic carbocycles. The van der Waals surface area contributed by atoms with Gasteiger partial charge < -0.3 is 10.5 Å². The number of hydrogen-bond donors (Lipinski definition) is 1. The molecule has 0 aliphatic heterocycles. The number of benzene rings is 1. The maximum absolute atomic E-state index is 5.66. The molecule has 19 heavy (non-hydrogen) atoms. The Bertz CT molecular complexity index is 542. The number of thioether (sulfide) groups is 1. The maximum Gasteiger partial charge on any atom is 0.170 e. The minimum Gasteiger partial charge on any atom is -0.496 e. The molecule has 2 N–H and O–H groups in total. The zero-order chi connectivity index (χ0) is 13.7. The summed E-state index contributed by atoms with van der Waals surface area (Å²) >= 11 is 3.16. The predicted octanol–water partition coefficient (Wildman–Crippen LogP) is 2.86. The van der Waals surface area contributed by atoms with E-state index in [1.165, 1.54) is 17.1 Å². The summed E-state index contributed by atoms with van der Waals surface area (Å²) in [6, 6.07) is 6.14. The van der Waals surface area contributed by atoms with Crippen molar-refractivity contribution in [1.82, 2.24) is 9.36 Å². The van der Waals surface area contributed by atoms with Gasteiger partial charge >= 0.3 is 0 Å². The molecule has 1 heterocycles. The van der Waals surface area contributed by atoms with Gasteiger partial charge in [-0.05, 0) is 23.2 Å². The highest BCUT2D eigenvalue weighted by molar-refractivity contribution is 8.00. The summed E-state index contributed by atoms with van der Waals surface area (Å²) < 4.78 is 10.6. The number of nitrogens with two attached hydrogens (primary N) is 1. The summed E-state index contributed by atoms with van der Waals surface area (Å²) in [6.45, 7) is 2.56.